The Labute approximate surface area is 98.4 Å². The molecule has 88 valence electrons. The maximum absolute atomic E-state index is 10.3. The van der Waals surface area contributed by atoms with Gasteiger partial charge in [0.2, 0.25) is 0 Å². The number of aliphatic carboxylic acids is 1. The van der Waals surface area contributed by atoms with Crippen LogP contribution in [0.25, 0.3) is 0 Å². The summed E-state index contributed by atoms with van der Waals surface area (Å²) < 4.78 is 5.30. The third-order valence-corrected chi connectivity index (χ3v) is 2.27. The number of halogens is 1. The molecule has 0 amide bonds. The number of aliphatic hydroxyl groups excluding tert-OH is 1. The molecule has 2 N–H and O–H groups in total. The van der Waals surface area contributed by atoms with Crippen LogP contribution in [0, 0.1) is 0 Å². The Bertz CT molecular complexity index is 354. The molecule has 0 bridgehead atoms. The van der Waals surface area contributed by atoms with E-state index < -0.39 is 12.1 Å². The Balaban J connectivity index is 2.30. The van der Waals surface area contributed by atoms with Gasteiger partial charge in [-0.1, -0.05) is 23.7 Å². The molecule has 0 saturated carbocycles. The van der Waals surface area contributed by atoms with Gasteiger partial charge in [-0.3, -0.25) is 4.79 Å². The van der Waals surface area contributed by atoms with E-state index >= 15 is 0 Å². The van der Waals surface area contributed by atoms with Crippen molar-refractivity contribution in [2.24, 2.45) is 0 Å². The number of hydrogen-bond donors (Lipinski definition) is 2. The molecule has 1 aromatic rings. The molecule has 4 nitrogen and oxygen atoms in total. The molecule has 0 saturated heterocycles. The molecule has 0 aliphatic heterocycles. The smallest absolute Gasteiger partial charge is 0.305 e. The van der Waals surface area contributed by atoms with Gasteiger partial charge < -0.3 is 14.9 Å². The number of para-hydroxylation sites is 1. The first kappa shape index (κ1) is 12.8. The van der Waals surface area contributed by atoms with Crippen LogP contribution in [0.1, 0.15) is 12.8 Å². The van der Waals surface area contributed by atoms with Crippen molar-refractivity contribution in [1.82, 2.24) is 0 Å². The summed E-state index contributed by atoms with van der Waals surface area (Å²) in [5, 5.41) is 18.2. The van der Waals surface area contributed by atoms with Crippen molar-refractivity contribution in [1.29, 1.82) is 0 Å². The molecular weight excluding hydrogens is 232 g/mol. The molecule has 1 unspecified atom stereocenters. The highest BCUT2D eigenvalue weighted by molar-refractivity contribution is 6.32. The maximum atomic E-state index is 10.3. The van der Waals surface area contributed by atoms with E-state index in [2.05, 4.69) is 0 Å². The number of rotatable bonds is 6. The Kier molecular flexibility index (Phi) is 5.08. The van der Waals surface area contributed by atoms with E-state index in [0.717, 1.165) is 0 Å². The summed E-state index contributed by atoms with van der Waals surface area (Å²) in [6.45, 7) is 0.234. The number of carboxylic acids is 1. The summed E-state index contributed by atoms with van der Waals surface area (Å²) in [4.78, 5) is 10.3. The van der Waals surface area contributed by atoms with E-state index in [4.69, 9.17) is 21.4 Å². The minimum Gasteiger partial charge on any atom is -0.492 e. The Morgan fingerprint density at radius 2 is 2.12 bits per heavy atom. The molecule has 0 aliphatic carbocycles. The maximum Gasteiger partial charge on any atom is 0.305 e. The summed E-state index contributed by atoms with van der Waals surface area (Å²) in [6, 6.07) is 6.99. The van der Waals surface area contributed by atoms with Crippen LogP contribution in [0.4, 0.5) is 0 Å². The second-order valence-electron chi connectivity index (χ2n) is 3.32. The average molecular weight is 245 g/mol. The SMILES string of the molecule is O=C(O)CC(O)CCOc1ccccc1Cl. The van der Waals surface area contributed by atoms with Gasteiger partial charge in [0.1, 0.15) is 5.75 Å². The van der Waals surface area contributed by atoms with Crippen LogP contribution >= 0.6 is 11.6 Å². The highest BCUT2D eigenvalue weighted by atomic mass is 35.5. The van der Waals surface area contributed by atoms with E-state index in [0.29, 0.717) is 10.8 Å². The summed E-state index contributed by atoms with van der Waals surface area (Å²) in [7, 11) is 0. The Hall–Kier alpha value is -1.26. The monoisotopic (exact) mass is 244 g/mol. The molecule has 1 rings (SSSR count). The van der Waals surface area contributed by atoms with Gasteiger partial charge in [0.25, 0.3) is 0 Å². The van der Waals surface area contributed by atoms with Gasteiger partial charge in [-0.25, -0.2) is 0 Å². The predicted molar refractivity (Wildman–Crippen MR) is 59.8 cm³/mol. The number of carbonyl (C=O) groups is 1. The number of benzene rings is 1. The van der Waals surface area contributed by atoms with Crippen molar-refractivity contribution >= 4 is 17.6 Å². The van der Waals surface area contributed by atoms with Crippen molar-refractivity contribution in [2.75, 3.05) is 6.61 Å². The molecule has 0 spiro atoms. The Morgan fingerprint density at radius 3 is 2.75 bits per heavy atom. The summed E-state index contributed by atoms with van der Waals surface area (Å²) in [5.41, 5.74) is 0. The summed E-state index contributed by atoms with van der Waals surface area (Å²) >= 11 is 5.84. The van der Waals surface area contributed by atoms with E-state index in [9.17, 15) is 9.90 Å². The first-order valence-electron chi connectivity index (χ1n) is 4.87. The molecular formula is C11H13ClO4. The van der Waals surface area contributed by atoms with Gasteiger partial charge >= 0.3 is 5.97 Å². The van der Waals surface area contributed by atoms with E-state index in [1.807, 2.05) is 0 Å². The highest BCUT2D eigenvalue weighted by Crippen LogP contribution is 2.23. The van der Waals surface area contributed by atoms with Crippen LogP contribution in [0.3, 0.4) is 0 Å². The highest BCUT2D eigenvalue weighted by Gasteiger charge is 2.09. The third kappa shape index (κ3) is 4.51. The van der Waals surface area contributed by atoms with Gasteiger partial charge in [-0.05, 0) is 12.1 Å². The molecule has 0 aromatic heterocycles. The fourth-order valence-corrected chi connectivity index (χ4v) is 1.36. The summed E-state index contributed by atoms with van der Waals surface area (Å²) in [6.07, 6.45) is -0.899. The fraction of sp³-hybridized carbons (Fsp3) is 0.364. The average Bonchev–Trinajstić information content (AvgIpc) is 2.19. The first-order valence-corrected chi connectivity index (χ1v) is 5.24. The lowest BCUT2D eigenvalue weighted by atomic mass is 10.2. The lowest BCUT2D eigenvalue weighted by Crippen LogP contribution is -2.16. The summed E-state index contributed by atoms with van der Waals surface area (Å²) in [5.74, 6) is -0.489. The normalized spacial score (nSPS) is 12.1. The molecule has 1 aromatic carbocycles. The third-order valence-electron chi connectivity index (χ3n) is 1.96. The van der Waals surface area contributed by atoms with Crippen LogP contribution in [0.5, 0.6) is 5.75 Å². The second kappa shape index (κ2) is 6.35. The fourth-order valence-electron chi connectivity index (χ4n) is 1.17. The van der Waals surface area contributed by atoms with E-state index in [-0.39, 0.29) is 19.4 Å². The molecule has 0 radical (unpaired) electrons. The molecule has 5 heteroatoms. The van der Waals surface area contributed by atoms with Crippen molar-refractivity contribution in [3.05, 3.63) is 29.3 Å². The molecule has 0 fully saturated rings. The van der Waals surface area contributed by atoms with Gasteiger partial charge in [0.05, 0.1) is 24.2 Å². The van der Waals surface area contributed by atoms with Gasteiger partial charge in [0, 0.05) is 6.42 Å². The zero-order valence-electron chi connectivity index (χ0n) is 8.60. The number of ether oxygens (including phenoxy) is 1. The van der Waals surface area contributed by atoms with Crippen molar-refractivity contribution in [3.63, 3.8) is 0 Å². The number of hydrogen-bond acceptors (Lipinski definition) is 3. The number of aliphatic hydroxyl groups is 1. The van der Waals surface area contributed by atoms with E-state index in [1.54, 1.807) is 24.3 Å². The minimum absolute atomic E-state index is 0.234. The van der Waals surface area contributed by atoms with Crippen LogP contribution in [0.15, 0.2) is 24.3 Å². The van der Waals surface area contributed by atoms with Crippen molar-refractivity contribution < 1.29 is 19.7 Å². The van der Waals surface area contributed by atoms with Crippen molar-refractivity contribution in [2.45, 2.75) is 18.9 Å². The largest absolute Gasteiger partial charge is 0.492 e. The van der Waals surface area contributed by atoms with E-state index in [1.165, 1.54) is 0 Å². The lowest BCUT2D eigenvalue weighted by molar-refractivity contribution is -0.139. The number of carboxylic acid groups (broad SMARTS) is 1. The molecule has 0 heterocycles. The van der Waals surface area contributed by atoms with Gasteiger partial charge in [-0.15, -0.1) is 0 Å². The first-order chi connectivity index (χ1) is 7.59. The second-order valence-corrected chi connectivity index (χ2v) is 3.73. The molecule has 1 atom stereocenters. The Morgan fingerprint density at radius 1 is 1.44 bits per heavy atom. The zero-order valence-corrected chi connectivity index (χ0v) is 9.35. The predicted octanol–water partition coefficient (Wildman–Crippen LogP) is 1.94. The van der Waals surface area contributed by atoms with Gasteiger partial charge in [-0.2, -0.15) is 0 Å². The van der Waals surface area contributed by atoms with Crippen LogP contribution < -0.4 is 4.74 Å². The van der Waals surface area contributed by atoms with Crippen LogP contribution in [-0.2, 0) is 4.79 Å². The lowest BCUT2D eigenvalue weighted by Gasteiger charge is -2.10. The molecule has 0 aliphatic rings. The standard InChI is InChI=1S/C11H13ClO4/c12-9-3-1-2-4-10(9)16-6-5-8(13)7-11(14)15/h1-4,8,13H,5-7H2,(H,14,15). The van der Waals surface area contributed by atoms with Crippen LogP contribution in [-0.4, -0.2) is 28.9 Å². The van der Waals surface area contributed by atoms with Crippen LogP contribution in [0.2, 0.25) is 5.02 Å². The zero-order chi connectivity index (χ0) is 12.0. The molecule has 16 heavy (non-hydrogen) atoms. The quantitative estimate of drug-likeness (QED) is 0.803. The minimum atomic E-state index is -1.02. The topological polar surface area (TPSA) is 66.8 Å². The van der Waals surface area contributed by atoms with Gasteiger partial charge in [0.15, 0.2) is 0 Å². The van der Waals surface area contributed by atoms with Crippen molar-refractivity contribution in [3.8, 4) is 5.75 Å².